The van der Waals surface area contributed by atoms with E-state index >= 15 is 0 Å². The van der Waals surface area contributed by atoms with Crippen molar-refractivity contribution in [2.24, 2.45) is 4.99 Å². The molecule has 0 N–H and O–H groups in total. The van der Waals surface area contributed by atoms with Crippen LogP contribution in [0.15, 0.2) is 4.99 Å². The SMILES string of the molecule is CC(=NC(C)(C)C)[N]([Sn])C(C)C(F)(F)F. The van der Waals surface area contributed by atoms with Crippen molar-refractivity contribution in [2.75, 3.05) is 0 Å². The first-order valence-corrected chi connectivity index (χ1v) is 5.86. The van der Waals surface area contributed by atoms with Crippen LogP contribution in [0, 0.1) is 0 Å². The van der Waals surface area contributed by atoms with Crippen molar-refractivity contribution < 1.29 is 13.2 Å². The van der Waals surface area contributed by atoms with E-state index in [9.17, 15) is 13.2 Å². The molecule has 0 heterocycles. The number of hydrogen-bond acceptors (Lipinski definition) is 1. The zero-order chi connectivity index (χ0) is 12.4. The molecule has 0 bridgehead atoms. The summed E-state index contributed by atoms with van der Waals surface area (Å²) in [5.41, 5.74) is -0.343. The molecule has 6 heteroatoms. The molecule has 0 spiro atoms. The van der Waals surface area contributed by atoms with Crippen molar-refractivity contribution in [3.05, 3.63) is 0 Å². The maximum atomic E-state index is 12.4. The Morgan fingerprint density at radius 3 is 1.93 bits per heavy atom. The molecule has 0 aliphatic heterocycles. The summed E-state index contributed by atoms with van der Waals surface area (Å²) in [6.45, 7) is 8.34. The average Bonchev–Trinajstić information content (AvgIpc) is 1.96. The van der Waals surface area contributed by atoms with Crippen LogP contribution in [-0.2, 0) is 0 Å². The van der Waals surface area contributed by atoms with Crippen LogP contribution in [0.3, 0.4) is 0 Å². The fourth-order valence-electron chi connectivity index (χ4n) is 0.966. The number of alkyl halides is 3. The van der Waals surface area contributed by atoms with Gasteiger partial charge in [-0.25, -0.2) is 0 Å². The predicted octanol–water partition coefficient (Wildman–Crippen LogP) is 2.54. The summed E-state index contributed by atoms with van der Waals surface area (Å²) in [5.74, 6) is 0.436. The molecule has 0 rings (SSSR count). The van der Waals surface area contributed by atoms with Gasteiger partial charge >= 0.3 is 102 Å². The molecule has 0 aliphatic rings. The van der Waals surface area contributed by atoms with Gasteiger partial charge in [0, 0.05) is 0 Å². The van der Waals surface area contributed by atoms with E-state index < -0.39 is 12.2 Å². The Bertz CT molecular complexity index is 243. The van der Waals surface area contributed by atoms with Gasteiger partial charge in [-0.05, 0) is 0 Å². The van der Waals surface area contributed by atoms with Crippen LogP contribution in [0.25, 0.3) is 0 Å². The van der Waals surface area contributed by atoms with E-state index in [2.05, 4.69) is 4.99 Å². The fraction of sp³-hybridized carbons (Fsp3) is 0.889. The molecule has 0 saturated carbocycles. The first-order chi connectivity index (χ1) is 6.45. The van der Waals surface area contributed by atoms with Gasteiger partial charge in [0.2, 0.25) is 0 Å². The number of amidine groups is 1. The predicted molar refractivity (Wildman–Crippen MR) is 56.0 cm³/mol. The van der Waals surface area contributed by atoms with E-state index in [1.807, 2.05) is 20.8 Å². The molecule has 0 aliphatic carbocycles. The number of rotatable bonds is 1. The minimum atomic E-state index is -4.20. The van der Waals surface area contributed by atoms with E-state index in [1.54, 1.807) is 6.92 Å². The minimum absolute atomic E-state index is 0.343. The Morgan fingerprint density at radius 2 is 1.67 bits per heavy atom. The van der Waals surface area contributed by atoms with Crippen molar-refractivity contribution in [2.45, 2.75) is 52.4 Å². The zero-order valence-electron chi connectivity index (χ0n) is 9.61. The fourth-order valence-corrected chi connectivity index (χ4v) is 1.53. The molecule has 0 aromatic rings. The average molecular weight is 328 g/mol. The number of hydrogen-bond donors (Lipinski definition) is 0. The van der Waals surface area contributed by atoms with Crippen molar-refractivity contribution in [1.29, 1.82) is 0 Å². The van der Waals surface area contributed by atoms with Crippen LogP contribution in [0.1, 0.15) is 34.6 Å². The van der Waals surface area contributed by atoms with Gasteiger partial charge < -0.3 is 0 Å². The molecular weight excluding hydrogens is 312 g/mol. The van der Waals surface area contributed by atoms with E-state index in [0.717, 1.165) is 6.92 Å². The quantitative estimate of drug-likeness (QED) is 0.410. The summed E-state index contributed by atoms with van der Waals surface area (Å²) < 4.78 is 38.5. The van der Waals surface area contributed by atoms with Gasteiger partial charge in [0.1, 0.15) is 0 Å². The Kier molecular flexibility index (Phi) is 4.95. The van der Waals surface area contributed by atoms with Gasteiger partial charge in [0.15, 0.2) is 0 Å². The second-order valence-electron chi connectivity index (χ2n) is 4.42. The zero-order valence-corrected chi connectivity index (χ0v) is 12.5. The van der Waals surface area contributed by atoms with Crippen molar-refractivity contribution in [1.82, 2.24) is 3.12 Å². The first-order valence-electron chi connectivity index (χ1n) is 4.59. The molecule has 87 valence electrons. The van der Waals surface area contributed by atoms with Crippen molar-refractivity contribution in [3.63, 3.8) is 0 Å². The van der Waals surface area contributed by atoms with Crippen molar-refractivity contribution in [3.8, 4) is 0 Å². The maximum absolute atomic E-state index is 12.4. The Labute approximate surface area is 102 Å². The van der Waals surface area contributed by atoms with Crippen LogP contribution < -0.4 is 0 Å². The van der Waals surface area contributed by atoms with Crippen LogP contribution in [0.4, 0.5) is 13.2 Å². The molecule has 1 atom stereocenters. The van der Waals surface area contributed by atoms with Gasteiger partial charge in [0.05, 0.1) is 0 Å². The first kappa shape index (κ1) is 15.1. The number of nitrogens with zero attached hydrogens (tertiary/aromatic N) is 2. The van der Waals surface area contributed by atoms with Gasteiger partial charge in [-0.15, -0.1) is 0 Å². The number of halogens is 3. The van der Waals surface area contributed by atoms with Gasteiger partial charge in [-0.3, -0.25) is 0 Å². The van der Waals surface area contributed by atoms with E-state index in [4.69, 9.17) is 0 Å². The molecule has 0 aromatic heterocycles. The van der Waals surface area contributed by atoms with E-state index in [-0.39, 0.29) is 5.54 Å². The normalized spacial score (nSPS) is 16.5. The molecule has 0 fully saturated rings. The third-order valence-corrected chi connectivity index (χ3v) is 3.74. The topological polar surface area (TPSA) is 15.6 Å². The van der Waals surface area contributed by atoms with Gasteiger partial charge in [0.25, 0.3) is 0 Å². The molecule has 0 saturated heterocycles. The molecule has 0 amide bonds. The summed E-state index contributed by atoms with van der Waals surface area (Å²) in [5, 5.41) is 0. The van der Waals surface area contributed by atoms with Crippen LogP contribution in [0.5, 0.6) is 0 Å². The summed E-state index contributed by atoms with van der Waals surface area (Å²) in [4.78, 5) is 4.21. The standard InChI is InChI=1S/C9H16F3N2.Sn/c1-6(9(10,11)12)13-7(2)14-8(3,4)5;/h6H,1-5H3;/q-1;+1. The Balaban J connectivity index is 4.73. The third kappa shape index (κ3) is 5.63. The van der Waals surface area contributed by atoms with Crippen LogP contribution in [0.2, 0.25) is 0 Å². The van der Waals surface area contributed by atoms with E-state index in [1.165, 1.54) is 3.12 Å². The molecule has 3 radical (unpaired) electrons. The van der Waals surface area contributed by atoms with Gasteiger partial charge in [-0.2, -0.15) is 0 Å². The van der Waals surface area contributed by atoms with Crippen LogP contribution in [-0.4, -0.2) is 49.5 Å². The summed E-state index contributed by atoms with van der Waals surface area (Å²) in [7, 11) is 0. The van der Waals surface area contributed by atoms with E-state index in [0.29, 0.717) is 28.6 Å². The summed E-state index contributed by atoms with van der Waals surface area (Å²) >= 11 is 0.698. The molecule has 0 aromatic carbocycles. The van der Waals surface area contributed by atoms with Gasteiger partial charge in [-0.1, -0.05) is 0 Å². The summed E-state index contributed by atoms with van der Waals surface area (Å²) in [6, 6.07) is -1.47. The molecule has 2 nitrogen and oxygen atoms in total. The van der Waals surface area contributed by atoms with Crippen molar-refractivity contribution >= 4 is 28.6 Å². The monoisotopic (exact) mass is 329 g/mol. The molecule has 15 heavy (non-hydrogen) atoms. The molecular formula is C9H16F3N2Sn. The molecule has 1 unspecified atom stereocenters. The third-order valence-electron chi connectivity index (χ3n) is 1.71. The Hall–Kier alpha value is 0.0587. The second-order valence-corrected chi connectivity index (χ2v) is 5.79. The number of aliphatic imine (C=N–C) groups is 1. The summed E-state index contributed by atoms with van der Waals surface area (Å²) in [6.07, 6.45) is -4.20. The van der Waals surface area contributed by atoms with Crippen LogP contribution >= 0.6 is 0 Å². The Morgan fingerprint density at radius 1 is 1.27 bits per heavy atom. The second kappa shape index (κ2) is 4.93.